The highest BCUT2D eigenvalue weighted by Gasteiger charge is 2.36. The van der Waals surface area contributed by atoms with Gasteiger partial charge in [-0.15, -0.1) is 0 Å². The van der Waals surface area contributed by atoms with Gasteiger partial charge in [0.25, 0.3) is 0 Å². The highest BCUT2D eigenvalue weighted by molar-refractivity contribution is 5.89. The van der Waals surface area contributed by atoms with Gasteiger partial charge < -0.3 is 10.6 Å². The van der Waals surface area contributed by atoms with E-state index in [2.05, 4.69) is 10.6 Å². The zero-order valence-electron chi connectivity index (χ0n) is 16.7. The molecule has 0 saturated heterocycles. The summed E-state index contributed by atoms with van der Waals surface area (Å²) >= 11 is 0. The highest BCUT2D eigenvalue weighted by atomic mass is 16.5. The molecule has 27 heavy (non-hydrogen) atoms. The first-order chi connectivity index (χ1) is 12.6. The lowest BCUT2D eigenvalue weighted by molar-refractivity contribution is -0.166. The second-order valence-corrected chi connectivity index (χ2v) is 7.78. The molecule has 0 aliphatic carbocycles. The Bertz CT molecular complexity index is 628. The molecule has 150 valence electrons. The summed E-state index contributed by atoms with van der Waals surface area (Å²) < 4.78 is 0. The summed E-state index contributed by atoms with van der Waals surface area (Å²) in [6.45, 7) is 7.19. The average Bonchev–Trinajstić information content (AvgIpc) is 2.64. The van der Waals surface area contributed by atoms with Gasteiger partial charge >= 0.3 is 0 Å². The van der Waals surface area contributed by atoms with Crippen molar-refractivity contribution < 1.29 is 19.6 Å². The minimum absolute atomic E-state index is 0.285. The third kappa shape index (κ3) is 6.67. The van der Waals surface area contributed by atoms with Crippen molar-refractivity contribution in [1.29, 1.82) is 0 Å². The number of aryl methyl sites for hydroxylation is 1. The van der Waals surface area contributed by atoms with Crippen molar-refractivity contribution in [3.63, 3.8) is 0 Å². The maximum Gasteiger partial charge on any atom is 0.242 e. The summed E-state index contributed by atoms with van der Waals surface area (Å²) in [6.07, 6.45) is 1.32. The van der Waals surface area contributed by atoms with Gasteiger partial charge in [-0.25, -0.2) is 5.06 Å². The first kappa shape index (κ1) is 22.6. The monoisotopic (exact) mass is 377 g/mol. The van der Waals surface area contributed by atoms with E-state index in [1.807, 2.05) is 51.1 Å². The number of rotatable bonds is 9. The first-order valence-electron chi connectivity index (χ1n) is 9.10. The van der Waals surface area contributed by atoms with Gasteiger partial charge in [-0.1, -0.05) is 51.1 Å². The Hall–Kier alpha value is -2.41. The Kier molecular flexibility index (Phi) is 8.43. The van der Waals surface area contributed by atoms with E-state index in [0.717, 1.165) is 5.56 Å². The number of hydrogen-bond acceptors (Lipinski definition) is 4. The SMILES string of the molecule is CNC(=O)C(NC(=O)[C@H](CCc1ccccc1)[C@H](C)N(O)C=O)C(C)(C)C. The molecule has 0 bridgehead atoms. The molecule has 0 heterocycles. The lowest BCUT2D eigenvalue weighted by Crippen LogP contribution is -2.56. The van der Waals surface area contributed by atoms with E-state index < -0.39 is 23.4 Å². The van der Waals surface area contributed by atoms with Crippen molar-refractivity contribution in [3.05, 3.63) is 35.9 Å². The molecule has 3 N–H and O–H groups in total. The fourth-order valence-electron chi connectivity index (χ4n) is 2.91. The molecule has 1 unspecified atom stereocenters. The molecule has 0 saturated carbocycles. The number of carbonyl (C=O) groups is 3. The summed E-state index contributed by atoms with van der Waals surface area (Å²) in [4.78, 5) is 36.1. The predicted molar refractivity (Wildman–Crippen MR) is 103 cm³/mol. The molecule has 1 aromatic carbocycles. The summed E-state index contributed by atoms with van der Waals surface area (Å²) in [5, 5.41) is 15.7. The quantitative estimate of drug-likeness (QED) is 0.347. The molecule has 1 rings (SSSR count). The smallest absolute Gasteiger partial charge is 0.242 e. The third-order valence-corrected chi connectivity index (χ3v) is 4.69. The lowest BCUT2D eigenvalue weighted by Gasteiger charge is -2.33. The second kappa shape index (κ2) is 10.1. The van der Waals surface area contributed by atoms with Crippen LogP contribution < -0.4 is 10.6 Å². The topological polar surface area (TPSA) is 98.7 Å². The van der Waals surface area contributed by atoms with Crippen LogP contribution in [0.2, 0.25) is 0 Å². The molecule has 0 aromatic heterocycles. The van der Waals surface area contributed by atoms with Crippen LogP contribution in [0.3, 0.4) is 0 Å². The predicted octanol–water partition coefficient (Wildman–Crippen LogP) is 1.75. The van der Waals surface area contributed by atoms with Gasteiger partial charge in [0.1, 0.15) is 6.04 Å². The number of carbonyl (C=O) groups excluding carboxylic acids is 3. The van der Waals surface area contributed by atoms with Crippen LogP contribution >= 0.6 is 0 Å². The van der Waals surface area contributed by atoms with Crippen LogP contribution in [0.25, 0.3) is 0 Å². The van der Waals surface area contributed by atoms with Crippen molar-refractivity contribution in [2.45, 2.75) is 52.6 Å². The second-order valence-electron chi connectivity index (χ2n) is 7.78. The number of benzene rings is 1. The number of nitrogens with one attached hydrogen (secondary N) is 2. The molecule has 0 radical (unpaired) electrons. The molecular weight excluding hydrogens is 346 g/mol. The average molecular weight is 377 g/mol. The molecular formula is C20H31N3O4. The third-order valence-electron chi connectivity index (χ3n) is 4.69. The number of likely N-dealkylation sites (N-methyl/N-ethyl adjacent to an activating group) is 1. The van der Waals surface area contributed by atoms with E-state index in [4.69, 9.17) is 0 Å². The molecule has 0 aliphatic rings. The Morgan fingerprint density at radius 3 is 2.26 bits per heavy atom. The molecule has 0 aliphatic heterocycles. The zero-order chi connectivity index (χ0) is 20.6. The standard InChI is InChI=1S/C20H31N3O4/c1-14(23(27)13-24)16(12-11-15-9-7-6-8-10-15)18(25)22-17(19(26)21-5)20(2,3)4/h6-10,13-14,16-17,27H,11-12H2,1-5H3,(H,21,26)(H,22,25)/t14-,16+,17?/m0/s1. The van der Waals surface area contributed by atoms with Gasteiger partial charge in [0.2, 0.25) is 18.2 Å². The molecule has 3 atom stereocenters. The maximum atomic E-state index is 13.0. The number of hydrogen-bond donors (Lipinski definition) is 3. The first-order valence-corrected chi connectivity index (χ1v) is 9.10. The van der Waals surface area contributed by atoms with Crippen LogP contribution in [-0.2, 0) is 20.8 Å². The van der Waals surface area contributed by atoms with Gasteiger partial charge in [-0.3, -0.25) is 19.6 Å². The van der Waals surface area contributed by atoms with E-state index in [-0.39, 0.29) is 18.2 Å². The Labute approximate surface area is 161 Å². The van der Waals surface area contributed by atoms with Gasteiger partial charge in [0.05, 0.1) is 12.0 Å². The van der Waals surface area contributed by atoms with Crippen LogP contribution in [-0.4, -0.2) is 47.6 Å². The van der Waals surface area contributed by atoms with Crippen molar-refractivity contribution in [2.24, 2.45) is 11.3 Å². The number of hydroxylamine groups is 2. The number of amides is 3. The van der Waals surface area contributed by atoms with Crippen LogP contribution in [0.15, 0.2) is 30.3 Å². The molecule has 3 amide bonds. The summed E-state index contributed by atoms with van der Waals surface area (Å²) in [5.74, 6) is -1.33. The Balaban J connectivity index is 3.00. The fourth-order valence-corrected chi connectivity index (χ4v) is 2.91. The van der Waals surface area contributed by atoms with Gasteiger partial charge in [0.15, 0.2) is 0 Å². The largest absolute Gasteiger partial charge is 0.357 e. The van der Waals surface area contributed by atoms with Crippen molar-refractivity contribution in [1.82, 2.24) is 15.7 Å². The Morgan fingerprint density at radius 1 is 1.19 bits per heavy atom. The van der Waals surface area contributed by atoms with Gasteiger partial charge in [-0.2, -0.15) is 0 Å². The summed E-state index contributed by atoms with van der Waals surface area (Å²) in [7, 11) is 1.52. The molecule has 7 nitrogen and oxygen atoms in total. The van der Waals surface area contributed by atoms with E-state index in [1.165, 1.54) is 7.05 Å². The minimum Gasteiger partial charge on any atom is -0.357 e. The summed E-state index contributed by atoms with van der Waals surface area (Å²) in [6, 6.07) is 8.20. The van der Waals surface area contributed by atoms with Crippen molar-refractivity contribution in [2.75, 3.05) is 7.05 Å². The molecule has 7 heteroatoms. The van der Waals surface area contributed by atoms with Gasteiger partial charge in [-0.05, 0) is 30.7 Å². The van der Waals surface area contributed by atoms with Crippen LogP contribution in [0.4, 0.5) is 0 Å². The van der Waals surface area contributed by atoms with Crippen molar-refractivity contribution in [3.8, 4) is 0 Å². The zero-order valence-corrected chi connectivity index (χ0v) is 16.7. The van der Waals surface area contributed by atoms with E-state index in [0.29, 0.717) is 17.9 Å². The minimum atomic E-state index is -0.732. The molecule has 0 fully saturated rings. The fraction of sp³-hybridized carbons (Fsp3) is 0.550. The van der Waals surface area contributed by atoms with Crippen LogP contribution in [0.5, 0.6) is 0 Å². The van der Waals surface area contributed by atoms with E-state index in [1.54, 1.807) is 6.92 Å². The van der Waals surface area contributed by atoms with Gasteiger partial charge in [0, 0.05) is 7.05 Å². The maximum absolute atomic E-state index is 13.0. The van der Waals surface area contributed by atoms with Crippen LogP contribution in [0, 0.1) is 11.3 Å². The number of nitrogens with zero attached hydrogens (tertiary/aromatic N) is 1. The highest BCUT2D eigenvalue weighted by Crippen LogP contribution is 2.22. The van der Waals surface area contributed by atoms with Crippen LogP contribution in [0.1, 0.15) is 39.7 Å². The van der Waals surface area contributed by atoms with Crippen molar-refractivity contribution >= 4 is 18.2 Å². The molecule has 1 aromatic rings. The molecule has 0 spiro atoms. The lowest BCUT2D eigenvalue weighted by atomic mass is 9.84. The summed E-state index contributed by atoms with van der Waals surface area (Å²) in [5.41, 5.74) is 0.559. The van der Waals surface area contributed by atoms with E-state index >= 15 is 0 Å². The Morgan fingerprint density at radius 2 is 1.78 bits per heavy atom. The normalized spacial score (nSPS) is 14.6. The van der Waals surface area contributed by atoms with E-state index in [9.17, 15) is 19.6 Å².